The summed E-state index contributed by atoms with van der Waals surface area (Å²) in [6.07, 6.45) is 0.975. The van der Waals surface area contributed by atoms with Crippen LogP contribution in [0.15, 0.2) is 57.9 Å². The third-order valence-corrected chi connectivity index (χ3v) is 5.51. The molecule has 0 saturated carbocycles. The fraction of sp³-hybridized carbons (Fsp3) is 0.200. The molecule has 31 heavy (non-hydrogen) atoms. The van der Waals surface area contributed by atoms with Crippen LogP contribution >= 0.6 is 0 Å². The Morgan fingerprint density at radius 2 is 1.84 bits per heavy atom. The molecule has 0 aliphatic heterocycles. The molecule has 2 N–H and O–H groups in total. The number of carbonyl (C=O) groups excluding carboxylic acids is 1. The maximum Gasteiger partial charge on any atom is 0.293 e. The van der Waals surface area contributed by atoms with Crippen LogP contribution in [0.1, 0.15) is 16.1 Å². The summed E-state index contributed by atoms with van der Waals surface area (Å²) in [4.78, 5) is 22.7. The number of aryl methyl sites for hydroxylation is 1. The number of anilines is 1. The van der Waals surface area contributed by atoms with Gasteiger partial charge < -0.3 is 15.2 Å². The lowest BCUT2D eigenvalue weighted by atomic mass is 10.1. The van der Waals surface area contributed by atoms with Gasteiger partial charge in [0.2, 0.25) is 5.76 Å². The SMILES string of the molecule is Cc1ccc(-c2cc(C(=O)NCCNc3ccc(S(C)(=O)=O)cc3[N+](=O)[O-])on2)cc1. The van der Waals surface area contributed by atoms with Gasteiger partial charge in [-0.2, -0.15) is 0 Å². The van der Waals surface area contributed by atoms with E-state index in [1.807, 2.05) is 31.2 Å². The molecule has 0 saturated heterocycles. The van der Waals surface area contributed by atoms with E-state index in [0.717, 1.165) is 23.4 Å². The number of nitro groups is 1. The highest BCUT2D eigenvalue weighted by atomic mass is 32.2. The zero-order chi connectivity index (χ0) is 22.6. The molecule has 3 aromatic rings. The standard InChI is InChI=1S/C20H20N4O6S/c1-13-3-5-14(6-4-13)17-12-19(30-23-17)20(25)22-10-9-21-16-8-7-15(31(2,28)29)11-18(16)24(26)27/h3-8,11-12,21H,9-10H2,1-2H3,(H,22,25). The highest BCUT2D eigenvalue weighted by molar-refractivity contribution is 7.90. The summed E-state index contributed by atoms with van der Waals surface area (Å²) < 4.78 is 28.3. The molecule has 162 valence electrons. The molecule has 1 heterocycles. The zero-order valence-electron chi connectivity index (χ0n) is 16.8. The Morgan fingerprint density at radius 3 is 2.48 bits per heavy atom. The van der Waals surface area contributed by atoms with Gasteiger partial charge in [0.15, 0.2) is 9.84 Å². The van der Waals surface area contributed by atoms with Gasteiger partial charge in [-0.25, -0.2) is 8.42 Å². The Hall–Kier alpha value is -3.73. The minimum Gasteiger partial charge on any atom is -0.378 e. The second-order valence-electron chi connectivity index (χ2n) is 6.83. The van der Waals surface area contributed by atoms with Crippen LogP contribution in [-0.4, -0.2) is 43.8 Å². The van der Waals surface area contributed by atoms with Crippen LogP contribution in [0.2, 0.25) is 0 Å². The van der Waals surface area contributed by atoms with Gasteiger partial charge in [-0.15, -0.1) is 0 Å². The van der Waals surface area contributed by atoms with Crippen LogP contribution in [0.5, 0.6) is 0 Å². The van der Waals surface area contributed by atoms with E-state index >= 15 is 0 Å². The summed E-state index contributed by atoms with van der Waals surface area (Å²) in [5.74, 6) is -0.436. The number of nitro benzene ring substituents is 1. The Labute approximate surface area is 178 Å². The number of hydrogen-bond donors (Lipinski definition) is 2. The molecule has 3 rings (SSSR count). The van der Waals surface area contributed by atoms with Crippen molar-refractivity contribution in [3.63, 3.8) is 0 Å². The fourth-order valence-electron chi connectivity index (χ4n) is 2.75. The van der Waals surface area contributed by atoms with Crippen molar-refractivity contribution in [3.8, 4) is 11.3 Å². The van der Waals surface area contributed by atoms with Crippen molar-refractivity contribution in [2.75, 3.05) is 24.7 Å². The Kier molecular flexibility index (Phi) is 6.35. The lowest BCUT2D eigenvalue weighted by Gasteiger charge is -2.08. The molecule has 11 heteroatoms. The number of amides is 1. The summed E-state index contributed by atoms with van der Waals surface area (Å²) in [7, 11) is -3.57. The van der Waals surface area contributed by atoms with Gasteiger partial charge in [-0.3, -0.25) is 14.9 Å². The van der Waals surface area contributed by atoms with E-state index in [-0.39, 0.29) is 35.1 Å². The second-order valence-corrected chi connectivity index (χ2v) is 8.85. The number of hydrogen-bond acceptors (Lipinski definition) is 8. The van der Waals surface area contributed by atoms with Gasteiger partial charge in [0.1, 0.15) is 11.4 Å². The number of aromatic nitrogens is 1. The van der Waals surface area contributed by atoms with Crippen LogP contribution in [0.4, 0.5) is 11.4 Å². The quantitative estimate of drug-likeness (QED) is 0.306. The van der Waals surface area contributed by atoms with Crippen molar-refractivity contribution in [3.05, 3.63) is 70.0 Å². The third kappa shape index (κ3) is 5.45. The van der Waals surface area contributed by atoms with E-state index in [2.05, 4.69) is 15.8 Å². The Bertz CT molecular complexity index is 1220. The molecule has 1 aromatic heterocycles. The molecule has 2 aromatic carbocycles. The van der Waals surface area contributed by atoms with E-state index in [1.54, 1.807) is 0 Å². The highest BCUT2D eigenvalue weighted by Crippen LogP contribution is 2.27. The number of sulfone groups is 1. The summed E-state index contributed by atoms with van der Waals surface area (Å²) in [5, 5.41) is 20.6. The predicted octanol–water partition coefficient (Wildman–Crippen LogP) is 2.80. The van der Waals surface area contributed by atoms with Crippen molar-refractivity contribution in [2.45, 2.75) is 11.8 Å². The molecule has 0 spiro atoms. The van der Waals surface area contributed by atoms with Gasteiger partial charge in [0.25, 0.3) is 11.6 Å². The maximum atomic E-state index is 12.2. The van der Waals surface area contributed by atoms with Gasteiger partial charge in [0, 0.05) is 37.0 Å². The first-order valence-electron chi connectivity index (χ1n) is 9.19. The number of rotatable bonds is 8. The van der Waals surface area contributed by atoms with Crippen molar-refractivity contribution < 1.29 is 22.7 Å². The van der Waals surface area contributed by atoms with E-state index in [0.29, 0.717) is 5.69 Å². The van der Waals surface area contributed by atoms with Crippen LogP contribution in [0.3, 0.4) is 0 Å². The molecular weight excluding hydrogens is 424 g/mol. The van der Waals surface area contributed by atoms with E-state index in [9.17, 15) is 23.3 Å². The van der Waals surface area contributed by atoms with Crippen LogP contribution in [-0.2, 0) is 9.84 Å². The van der Waals surface area contributed by atoms with Crippen LogP contribution in [0.25, 0.3) is 11.3 Å². The van der Waals surface area contributed by atoms with E-state index in [1.165, 1.54) is 18.2 Å². The van der Waals surface area contributed by atoms with Crippen molar-refractivity contribution in [1.82, 2.24) is 10.5 Å². The van der Waals surface area contributed by atoms with Crippen LogP contribution < -0.4 is 10.6 Å². The smallest absolute Gasteiger partial charge is 0.293 e. The summed E-state index contributed by atoms with van der Waals surface area (Å²) in [5.41, 5.74) is 2.23. The van der Waals surface area contributed by atoms with E-state index in [4.69, 9.17) is 4.52 Å². The lowest BCUT2D eigenvalue weighted by Crippen LogP contribution is -2.28. The number of nitrogens with one attached hydrogen (secondary N) is 2. The van der Waals surface area contributed by atoms with E-state index < -0.39 is 20.7 Å². The first-order chi connectivity index (χ1) is 14.6. The van der Waals surface area contributed by atoms with Gasteiger partial charge >= 0.3 is 0 Å². The maximum absolute atomic E-state index is 12.2. The highest BCUT2D eigenvalue weighted by Gasteiger charge is 2.19. The molecule has 0 bridgehead atoms. The molecule has 0 fully saturated rings. The number of nitrogens with zero attached hydrogens (tertiary/aromatic N) is 2. The predicted molar refractivity (Wildman–Crippen MR) is 114 cm³/mol. The van der Waals surface area contributed by atoms with Gasteiger partial charge in [0.05, 0.1) is 9.82 Å². The average molecular weight is 444 g/mol. The average Bonchev–Trinajstić information content (AvgIpc) is 3.21. The first-order valence-corrected chi connectivity index (χ1v) is 11.1. The second kappa shape index (κ2) is 8.96. The van der Waals surface area contributed by atoms with Gasteiger partial charge in [-0.05, 0) is 19.1 Å². The number of carbonyl (C=O) groups is 1. The van der Waals surface area contributed by atoms with Gasteiger partial charge in [-0.1, -0.05) is 35.0 Å². The largest absolute Gasteiger partial charge is 0.378 e. The Morgan fingerprint density at radius 1 is 1.13 bits per heavy atom. The molecule has 0 aliphatic carbocycles. The van der Waals surface area contributed by atoms with Crippen molar-refractivity contribution in [2.24, 2.45) is 0 Å². The Balaban J connectivity index is 1.58. The van der Waals surface area contributed by atoms with Crippen molar-refractivity contribution in [1.29, 1.82) is 0 Å². The fourth-order valence-corrected chi connectivity index (χ4v) is 3.39. The molecular formula is C20H20N4O6S. The minimum atomic E-state index is -3.57. The van der Waals surface area contributed by atoms with Crippen molar-refractivity contribution >= 4 is 27.1 Å². The molecule has 0 unspecified atom stereocenters. The number of benzene rings is 2. The molecule has 0 atom stereocenters. The summed E-state index contributed by atoms with van der Waals surface area (Å²) in [6, 6.07) is 12.7. The van der Waals surface area contributed by atoms with Crippen LogP contribution in [0, 0.1) is 17.0 Å². The monoisotopic (exact) mass is 444 g/mol. The third-order valence-electron chi connectivity index (χ3n) is 4.40. The minimum absolute atomic E-state index is 0.0408. The lowest BCUT2D eigenvalue weighted by molar-refractivity contribution is -0.384. The topological polar surface area (TPSA) is 144 Å². The summed E-state index contributed by atoms with van der Waals surface area (Å²) in [6.45, 7) is 2.28. The molecule has 10 nitrogen and oxygen atoms in total. The molecule has 0 aliphatic rings. The molecule has 1 amide bonds. The summed E-state index contributed by atoms with van der Waals surface area (Å²) >= 11 is 0. The normalized spacial score (nSPS) is 11.2. The first kappa shape index (κ1) is 22.0. The zero-order valence-corrected chi connectivity index (χ0v) is 17.6. The molecule has 0 radical (unpaired) electrons.